The number of ether oxygens (including phenoxy) is 1. The summed E-state index contributed by atoms with van der Waals surface area (Å²) in [5.41, 5.74) is 1.94. The van der Waals surface area contributed by atoms with E-state index in [9.17, 15) is 8.42 Å². The van der Waals surface area contributed by atoms with Crippen LogP contribution in [0.2, 0.25) is 0 Å². The summed E-state index contributed by atoms with van der Waals surface area (Å²) < 4.78 is 61.0. The van der Waals surface area contributed by atoms with Crippen molar-refractivity contribution >= 4 is 9.84 Å². The molecule has 3 aromatic carbocycles. The van der Waals surface area contributed by atoms with Crippen LogP contribution < -0.4 is 0 Å². The Morgan fingerprint density at radius 2 is 1.09 bits per heavy atom. The maximum atomic E-state index is 12.5. The third-order valence-corrected chi connectivity index (χ3v) is 5.35. The van der Waals surface area contributed by atoms with Gasteiger partial charge in [-0.15, -0.1) is 0 Å². The van der Waals surface area contributed by atoms with Crippen LogP contribution in [0.25, 0.3) is 0 Å². The molecule has 0 aromatic heterocycles. The molecule has 35 heavy (non-hydrogen) atoms. The van der Waals surface area contributed by atoms with Gasteiger partial charge in [0.1, 0.15) is 0 Å². The zero-order valence-corrected chi connectivity index (χ0v) is 20.1. The van der Waals surface area contributed by atoms with Gasteiger partial charge in [0.2, 0.25) is 0 Å². The van der Waals surface area contributed by atoms with Gasteiger partial charge in [-0.1, -0.05) is 78.9 Å². The Morgan fingerprint density at radius 3 is 1.54 bits per heavy atom. The SMILES string of the molecule is O=S(=O)([CH][CH]C(OCc1ccccc1)c1ccccc1)c1ccccc1.[C-]#[O+].[C-]#[O+].[C-]#[O+].[C-]#[O+].[Fe]. The van der Waals surface area contributed by atoms with E-state index in [1.807, 2.05) is 60.7 Å². The molecule has 0 fully saturated rings. The van der Waals surface area contributed by atoms with E-state index in [4.69, 9.17) is 23.3 Å². The van der Waals surface area contributed by atoms with E-state index in [0.29, 0.717) is 6.61 Å². The second-order valence-electron chi connectivity index (χ2n) is 5.81. The topological polar surface area (TPSA) is 123 Å². The van der Waals surface area contributed by atoms with Crippen molar-refractivity contribution < 1.29 is 48.8 Å². The van der Waals surface area contributed by atoms with Gasteiger partial charge in [0.05, 0.1) is 23.4 Å². The summed E-state index contributed by atoms with van der Waals surface area (Å²) >= 11 is 0. The molecule has 1 unspecified atom stereocenters. The van der Waals surface area contributed by atoms with Crippen molar-refractivity contribution in [1.82, 2.24) is 0 Å². The predicted molar refractivity (Wildman–Crippen MR) is 118 cm³/mol. The number of hydrogen-bond donors (Lipinski definition) is 0. The third-order valence-electron chi connectivity index (χ3n) is 3.90. The van der Waals surface area contributed by atoms with E-state index >= 15 is 0 Å². The van der Waals surface area contributed by atoms with Crippen molar-refractivity contribution in [3.8, 4) is 0 Å². The van der Waals surface area contributed by atoms with E-state index in [-0.39, 0.29) is 22.0 Å². The second kappa shape index (κ2) is 24.2. The first-order valence-corrected chi connectivity index (χ1v) is 10.7. The normalized spacial score (nSPS) is 9.60. The van der Waals surface area contributed by atoms with Gasteiger partial charge in [0, 0.05) is 23.5 Å². The molecule has 9 heteroatoms. The Bertz CT molecular complexity index is 1060. The first kappa shape index (κ1) is 36.6. The number of rotatable bonds is 8. The van der Waals surface area contributed by atoms with E-state index < -0.39 is 15.9 Å². The largest absolute Gasteiger partial charge is 0 e. The molecule has 0 spiro atoms. The first-order chi connectivity index (χ1) is 16.6. The summed E-state index contributed by atoms with van der Waals surface area (Å²) in [6, 6.07) is 27.8. The van der Waals surface area contributed by atoms with Crippen LogP contribution in [0, 0.1) is 38.8 Å². The minimum Gasteiger partial charge on any atom is 0 e. The summed E-state index contributed by atoms with van der Waals surface area (Å²) in [6.07, 6.45) is 1.15. The van der Waals surface area contributed by atoms with Gasteiger partial charge in [-0.3, -0.25) is 0 Å². The molecule has 0 aliphatic heterocycles. The summed E-state index contributed by atoms with van der Waals surface area (Å²) in [5, 5.41) is 0. The van der Waals surface area contributed by atoms with Crippen LogP contribution in [-0.4, -0.2) is 8.42 Å². The quantitative estimate of drug-likeness (QED) is 0.239. The summed E-state index contributed by atoms with van der Waals surface area (Å²) in [7, 11) is -3.51. The van der Waals surface area contributed by atoms with Crippen LogP contribution >= 0.6 is 0 Å². The molecular formula is C26H20FeO7S. The smallest absolute Gasteiger partial charge is 0 e. The molecule has 0 aliphatic rings. The van der Waals surface area contributed by atoms with Gasteiger partial charge in [-0.2, -0.15) is 0 Å². The number of sulfone groups is 1. The maximum Gasteiger partial charge on any atom is 0 e. The van der Waals surface area contributed by atoms with Gasteiger partial charge in [0.15, 0.2) is 9.84 Å². The standard InChI is InChI=1S/C22H20O3S.4CO.Fe/c23-26(24,21-14-8-3-9-15-21)17-16-22(20-12-6-2-7-13-20)25-18-19-10-4-1-5-11-19;4*1-2;/h1-17,22H,18H2;;;;;. The molecule has 3 aromatic rings. The van der Waals surface area contributed by atoms with E-state index in [2.05, 4.69) is 26.6 Å². The van der Waals surface area contributed by atoms with Crippen molar-refractivity contribution in [2.24, 2.45) is 0 Å². The van der Waals surface area contributed by atoms with Crippen LogP contribution in [0.15, 0.2) is 95.9 Å². The fourth-order valence-corrected chi connectivity index (χ4v) is 3.57. The molecule has 2 radical (unpaired) electrons. The Labute approximate surface area is 216 Å². The van der Waals surface area contributed by atoms with Crippen LogP contribution in [0.1, 0.15) is 17.2 Å². The Morgan fingerprint density at radius 1 is 0.686 bits per heavy atom. The first-order valence-electron chi connectivity index (χ1n) is 9.15. The summed E-state index contributed by atoms with van der Waals surface area (Å²) in [4.78, 5) is 0.270. The third kappa shape index (κ3) is 14.8. The van der Waals surface area contributed by atoms with Crippen molar-refractivity contribution in [3.63, 3.8) is 0 Å². The summed E-state index contributed by atoms with van der Waals surface area (Å²) in [5.74, 6) is 1.23. The zero-order chi connectivity index (χ0) is 26.2. The number of hydrogen-bond acceptors (Lipinski definition) is 3. The van der Waals surface area contributed by atoms with Gasteiger partial charge >= 0.3 is 45.2 Å². The zero-order valence-electron chi connectivity index (χ0n) is 18.2. The van der Waals surface area contributed by atoms with Crippen molar-refractivity contribution in [3.05, 3.63) is 141 Å². The number of benzene rings is 3. The second-order valence-corrected chi connectivity index (χ2v) is 7.65. The minimum atomic E-state index is -3.51. The van der Waals surface area contributed by atoms with Gasteiger partial charge in [-0.05, 0) is 23.3 Å². The van der Waals surface area contributed by atoms with E-state index in [0.717, 1.165) is 11.1 Å². The van der Waals surface area contributed by atoms with Crippen LogP contribution in [0.3, 0.4) is 0 Å². The molecule has 0 N–H and O–H groups in total. The fraction of sp³-hybridized carbons (Fsp3) is 0.0769. The van der Waals surface area contributed by atoms with Crippen molar-refractivity contribution in [2.75, 3.05) is 0 Å². The molecule has 3 rings (SSSR count). The molecule has 0 saturated heterocycles. The molecule has 7 nitrogen and oxygen atoms in total. The summed E-state index contributed by atoms with van der Waals surface area (Å²) in [6.45, 7) is 18.4. The average Bonchev–Trinajstić information content (AvgIpc) is 2.95. The Balaban J connectivity index is -0.00000103. The molecule has 0 amide bonds. The Hall–Kier alpha value is -2.95. The van der Waals surface area contributed by atoms with Crippen LogP contribution in [-0.2, 0) is 56.9 Å². The van der Waals surface area contributed by atoms with Gasteiger partial charge in [-0.25, -0.2) is 8.42 Å². The van der Waals surface area contributed by atoms with Crippen LogP contribution in [0.5, 0.6) is 0 Å². The molecule has 0 saturated carbocycles. The molecular weight excluding hydrogens is 512 g/mol. The van der Waals surface area contributed by atoms with E-state index in [1.165, 1.54) is 5.75 Å². The van der Waals surface area contributed by atoms with Gasteiger partial charge in [0.25, 0.3) is 0 Å². The molecule has 0 bridgehead atoms. The minimum absolute atomic E-state index is 0. The molecule has 1 atom stereocenters. The molecule has 0 heterocycles. The van der Waals surface area contributed by atoms with E-state index in [1.54, 1.807) is 36.8 Å². The monoisotopic (exact) mass is 532 g/mol. The van der Waals surface area contributed by atoms with Crippen molar-refractivity contribution in [1.29, 1.82) is 0 Å². The van der Waals surface area contributed by atoms with Crippen molar-refractivity contribution in [2.45, 2.75) is 17.6 Å². The predicted octanol–water partition coefficient (Wildman–Crippen LogP) is 4.63. The molecule has 0 aliphatic carbocycles. The van der Waals surface area contributed by atoms with Crippen LogP contribution in [0.4, 0.5) is 0 Å². The maximum absolute atomic E-state index is 12.5. The average molecular weight is 532 g/mol. The Kier molecular flexibility index (Phi) is 25.3. The fourth-order valence-electron chi connectivity index (χ4n) is 2.53. The van der Waals surface area contributed by atoms with Gasteiger partial charge < -0.3 is 4.74 Å². The molecule has 180 valence electrons.